The molecule has 3 heteroatoms. The van der Waals surface area contributed by atoms with Gasteiger partial charge < -0.3 is 10.1 Å². The highest BCUT2D eigenvalue weighted by Crippen LogP contribution is 1.64. The Hall–Kier alpha value is -0.880. The SMILES string of the molecule is N#CCOCC=N. The van der Waals surface area contributed by atoms with Crippen LogP contribution in [0.4, 0.5) is 0 Å². The summed E-state index contributed by atoms with van der Waals surface area (Å²) in [7, 11) is 0. The molecule has 1 N–H and O–H groups in total. The van der Waals surface area contributed by atoms with Crippen LogP contribution < -0.4 is 0 Å². The lowest BCUT2D eigenvalue weighted by molar-refractivity contribution is 0.211. The fourth-order valence-corrected chi connectivity index (χ4v) is 0.163. The molecule has 0 aliphatic heterocycles. The summed E-state index contributed by atoms with van der Waals surface area (Å²) >= 11 is 0. The molecule has 0 spiro atoms. The van der Waals surface area contributed by atoms with Gasteiger partial charge in [0.2, 0.25) is 0 Å². The van der Waals surface area contributed by atoms with Gasteiger partial charge in [0, 0.05) is 6.21 Å². The first-order valence-corrected chi connectivity index (χ1v) is 1.85. The molecule has 0 fully saturated rings. The maximum Gasteiger partial charge on any atom is 0.134 e. The zero-order valence-electron chi connectivity index (χ0n) is 3.85. The molecule has 0 radical (unpaired) electrons. The largest absolute Gasteiger partial charge is 0.361 e. The predicted molar refractivity (Wildman–Crippen MR) is 25.2 cm³/mol. The van der Waals surface area contributed by atoms with Crippen LogP contribution in [-0.4, -0.2) is 19.4 Å². The minimum Gasteiger partial charge on any atom is -0.361 e. The molecule has 0 aliphatic rings. The minimum absolute atomic E-state index is 0.0787. The van der Waals surface area contributed by atoms with Gasteiger partial charge in [0.1, 0.15) is 6.61 Å². The number of nitrogens with one attached hydrogen (secondary N) is 1. The summed E-state index contributed by atoms with van der Waals surface area (Å²) in [5, 5.41) is 14.3. The van der Waals surface area contributed by atoms with Gasteiger partial charge in [0.25, 0.3) is 0 Å². The van der Waals surface area contributed by atoms with Gasteiger partial charge in [-0.05, 0) is 0 Å². The van der Waals surface area contributed by atoms with Gasteiger partial charge in [0.05, 0.1) is 12.7 Å². The number of nitriles is 1. The molecule has 0 rings (SSSR count). The van der Waals surface area contributed by atoms with Crippen LogP contribution in [0.25, 0.3) is 0 Å². The highest BCUT2D eigenvalue weighted by molar-refractivity contribution is 5.54. The van der Waals surface area contributed by atoms with Crippen molar-refractivity contribution < 1.29 is 4.74 Å². The van der Waals surface area contributed by atoms with Crippen molar-refractivity contribution in [1.82, 2.24) is 0 Å². The molecule has 38 valence electrons. The van der Waals surface area contributed by atoms with Crippen molar-refractivity contribution in [1.29, 1.82) is 10.7 Å². The van der Waals surface area contributed by atoms with Gasteiger partial charge in [-0.1, -0.05) is 0 Å². The van der Waals surface area contributed by atoms with Gasteiger partial charge in [-0.3, -0.25) is 0 Å². The monoisotopic (exact) mass is 98.0 g/mol. The van der Waals surface area contributed by atoms with Crippen molar-refractivity contribution in [2.45, 2.75) is 0 Å². The highest BCUT2D eigenvalue weighted by Gasteiger charge is 1.74. The van der Waals surface area contributed by atoms with Gasteiger partial charge in [-0.15, -0.1) is 0 Å². The molecule has 0 bridgehead atoms. The van der Waals surface area contributed by atoms with Gasteiger partial charge in [-0.25, -0.2) is 0 Å². The van der Waals surface area contributed by atoms with Crippen LogP contribution >= 0.6 is 0 Å². The first kappa shape index (κ1) is 6.12. The number of ether oxygens (including phenoxy) is 1. The van der Waals surface area contributed by atoms with E-state index in [0.29, 0.717) is 0 Å². The molecule has 0 amide bonds. The average molecular weight is 98.1 g/mol. The van der Waals surface area contributed by atoms with Crippen LogP contribution in [-0.2, 0) is 4.74 Å². The molecule has 0 aliphatic carbocycles. The topological polar surface area (TPSA) is 56.9 Å². The van der Waals surface area contributed by atoms with E-state index in [-0.39, 0.29) is 13.2 Å². The van der Waals surface area contributed by atoms with E-state index in [4.69, 9.17) is 10.7 Å². The van der Waals surface area contributed by atoms with Crippen molar-refractivity contribution >= 4 is 6.21 Å². The summed E-state index contributed by atoms with van der Waals surface area (Å²) in [6.07, 6.45) is 1.11. The Labute approximate surface area is 42.0 Å². The summed E-state index contributed by atoms with van der Waals surface area (Å²) in [6, 6.07) is 1.78. The standard InChI is InChI=1S/C4H6N2O/c5-1-3-7-4-2-6/h1,5H,3-4H2. The van der Waals surface area contributed by atoms with Crippen LogP contribution in [0.5, 0.6) is 0 Å². The molecule has 0 aromatic rings. The third-order valence-corrected chi connectivity index (χ3v) is 0.368. The summed E-state index contributed by atoms with van der Waals surface area (Å²) in [6.45, 7) is 0.322. The van der Waals surface area contributed by atoms with E-state index in [0.717, 1.165) is 6.21 Å². The molecule has 0 aromatic carbocycles. The summed E-state index contributed by atoms with van der Waals surface area (Å²) in [4.78, 5) is 0. The Kier molecular flexibility index (Phi) is 4.48. The van der Waals surface area contributed by atoms with E-state index in [2.05, 4.69) is 4.74 Å². The average Bonchev–Trinajstić information content (AvgIpc) is 1.69. The van der Waals surface area contributed by atoms with Crippen LogP contribution in [0.3, 0.4) is 0 Å². The van der Waals surface area contributed by atoms with Crippen molar-refractivity contribution in [3.63, 3.8) is 0 Å². The second kappa shape index (κ2) is 5.12. The van der Waals surface area contributed by atoms with Crippen LogP contribution in [0.2, 0.25) is 0 Å². The van der Waals surface area contributed by atoms with E-state index in [9.17, 15) is 0 Å². The van der Waals surface area contributed by atoms with Crippen LogP contribution in [0.1, 0.15) is 0 Å². The third kappa shape index (κ3) is 5.12. The van der Waals surface area contributed by atoms with E-state index in [1.807, 2.05) is 0 Å². The van der Waals surface area contributed by atoms with Crippen LogP contribution in [0, 0.1) is 16.7 Å². The van der Waals surface area contributed by atoms with Crippen molar-refractivity contribution in [2.75, 3.05) is 13.2 Å². The molecule has 0 aromatic heterocycles. The Morgan fingerprint density at radius 3 is 3.00 bits per heavy atom. The lowest BCUT2D eigenvalue weighted by atomic mass is 10.7. The lowest BCUT2D eigenvalue weighted by Crippen LogP contribution is -1.93. The van der Waals surface area contributed by atoms with E-state index < -0.39 is 0 Å². The Morgan fingerprint density at radius 1 is 1.86 bits per heavy atom. The molecule has 0 saturated heterocycles. The first-order valence-electron chi connectivity index (χ1n) is 1.85. The molecular formula is C4H6N2O. The van der Waals surface area contributed by atoms with Gasteiger partial charge >= 0.3 is 0 Å². The smallest absolute Gasteiger partial charge is 0.134 e. The Morgan fingerprint density at radius 2 is 2.57 bits per heavy atom. The highest BCUT2D eigenvalue weighted by atomic mass is 16.5. The maximum absolute atomic E-state index is 7.84. The lowest BCUT2D eigenvalue weighted by Gasteiger charge is -1.85. The molecule has 3 nitrogen and oxygen atoms in total. The molecule has 0 unspecified atom stereocenters. The molecule has 0 saturated carbocycles. The fraction of sp³-hybridized carbons (Fsp3) is 0.500. The molecule has 0 atom stereocenters. The van der Waals surface area contributed by atoms with Crippen molar-refractivity contribution in [3.05, 3.63) is 0 Å². The number of rotatable bonds is 3. The van der Waals surface area contributed by atoms with E-state index in [1.54, 1.807) is 6.07 Å². The number of nitrogens with zero attached hydrogens (tertiary/aromatic N) is 1. The van der Waals surface area contributed by atoms with Crippen molar-refractivity contribution in [2.24, 2.45) is 0 Å². The van der Waals surface area contributed by atoms with Crippen LogP contribution in [0.15, 0.2) is 0 Å². The molecular weight excluding hydrogens is 92.1 g/mol. The van der Waals surface area contributed by atoms with E-state index in [1.165, 1.54) is 0 Å². The maximum atomic E-state index is 7.84. The first-order chi connectivity index (χ1) is 3.41. The molecule has 7 heavy (non-hydrogen) atoms. The summed E-state index contributed by atoms with van der Waals surface area (Å²) in [5.74, 6) is 0. The fourth-order valence-electron chi connectivity index (χ4n) is 0.163. The van der Waals surface area contributed by atoms with Gasteiger partial charge in [0.15, 0.2) is 0 Å². The normalized spacial score (nSPS) is 7.29. The second-order valence-electron chi connectivity index (χ2n) is 0.877. The minimum atomic E-state index is 0.0787. The van der Waals surface area contributed by atoms with Crippen molar-refractivity contribution in [3.8, 4) is 6.07 Å². The Balaban J connectivity index is 2.72. The molecule has 0 heterocycles. The number of hydrogen-bond acceptors (Lipinski definition) is 3. The zero-order chi connectivity index (χ0) is 5.54. The third-order valence-electron chi connectivity index (χ3n) is 0.368. The summed E-state index contributed by atoms with van der Waals surface area (Å²) in [5.41, 5.74) is 0. The zero-order valence-corrected chi connectivity index (χ0v) is 3.85. The summed E-state index contributed by atoms with van der Waals surface area (Å²) < 4.78 is 4.53. The second-order valence-corrected chi connectivity index (χ2v) is 0.877. The number of hydrogen-bond donors (Lipinski definition) is 1. The quantitative estimate of drug-likeness (QED) is 0.404. The predicted octanol–water partition coefficient (Wildman–Crippen LogP) is 0.176. The Bertz CT molecular complexity index is 84.2. The van der Waals surface area contributed by atoms with E-state index >= 15 is 0 Å². The van der Waals surface area contributed by atoms with Gasteiger partial charge in [-0.2, -0.15) is 5.26 Å².